The number of nitrogens with zero attached hydrogens (tertiary/aromatic N) is 1. The molecule has 1 N–H and O–H groups in total. The Morgan fingerprint density at radius 3 is 2.50 bits per heavy atom. The highest BCUT2D eigenvalue weighted by Crippen LogP contribution is 2.37. The number of fused-ring (bicyclic) bond motifs is 1. The van der Waals surface area contributed by atoms with E-state index in [1.807, 2.05) is 18.2 Å². The Balaban J connectivity index is 1.64. The van der Waals surface area contributed by atoms with Crippen LogP contribution in [0, 0.1) is 0 Å². The van der Waals surface area contributed by atoms with E-state index in [1.165, 1.54) is 0 Å². The third-order valence-corrected chi connectivity index (χ3v) is 5.21. The van der Waals surface area contributed by atoms with Crippen molar-refractivity contribution >= 4 is 46.4 Å². The molecular weight excluding hydrogens is 423 g/mol. The number of rotatable bonds is 4. The molecule has 0 fully saturated rings. The molecule has 0 spiro atoms. The zero-order valence-corrected chi connectivity index (χ0v) is 17.6. The first-order valence-corrected chi connectivity index (χ1v) is 10.1. The molecule has 0 saturated carbocycles. The van der Waals surface area contributed by atoms with Crippen molar-refractivity contribution in [3.05, 3.63) is 87.9 Å². The zero-order valence-electron chi connectivity index (χ0n) is 16.1. The Morgan fingerprint density at radius 1 is 1.03 bits per heavy atom. The van der Waals surface area contributed by atoms with E-state index >= 15 is 0 Å². The summed E-state index contributed by atoms with van der Waals surface area (Å²) in [5, 5.41) is 3.92. The summed E-state index contributed by atoms with van der Waals surface area (Å²) < 4.78 is 5.75. The lowest BCUT2D eigenvalue weighted by atomic mass is 10.1. The Bertz CT molecular complexity index is 1130. The summed E-state index contributed by atoms with van der Waals surface area (Å²) >= 11 is 12.1. The van der Waals surface area contributed by atoms with Gasteiger partial charge in [-0.1, -0.05) is 41.4 Å². The highest BCUT2D eigenvalue weighted by Gasteiger charge is 2.32. The van der Waals surface area contributed by atoms with Gasteiger partial charge in [0.05, 0.1) is 12.2 Å². The normalized spacial score (nSPS) is 15.4. The molecule has 5 nitrogen and oxygen atoms in total. The average Bonchev–Trinajstić information content (AvgIpc) is 2.72. The second kappa shape index (κ2) is 8.38. The molecule has 0 aliphatic carbocycles. The van der Waals surface area contributed by atoms with E-state index in [-0.39, 0.29) is 11.8 Å². The van der Waals surface area contributed by atoms with Crippen molar-refractivity contribution in [2.45, 2.75) is 19.6 Å². The number of hydrogen-bond donors (Lipinski definition) is 1. The molecule has 1 atom stereocenters. The fraction of sp³-hybridized carbons (Fsp3) is 0.130. The number of halogens is 2. The number of amides is 2. The van der Waals surface area contributed by atoms with Gasteiger partial charge in [-0.3, -0.25) is 9.59 Å². The smallest absolute Gasteiger partial charge is 0.268 e. The van der Waals surface area contributed by atoms with Gasteiger partial charge in [-0.25, -0.2) is 0 Å². The molecule has 1 heterocycles. The van der Waals surface area contributed by atoms with Crippen LogP contribution >= 0.6 is 23.2 Å². The Kier molecular flexibility index (Phi) is 5.66. The van der Waals surface area contributed by atoms with Crippen LogP contribution in [0.3, 0.4) is 0 Å². The summed E-state index contributed by atoms with van der Waals surface area (Å²) in [4.78, 5) is 27.0. The molecule has 4 rings (SSSR count). The Labute approximate surface area is 184 Å². The molecule has 2 amide bonds. The number of benzene rings is 3. The zero-order chi connectivity index (χ0) is 21.3. The number of anilines is 2. The van der Waals surface area contributed by atoms with Gasteiger partial charge in [-0.2, -0.15) is 0 Å². The molecule has 1 aliphatic rings. The molecule has 30 heavy (non-hydrogen) atoms. The molecule has 3 aromatic carbocycles. The molecule has 7 heteroatoms. The molecule has 152 valence electrons. The highest BCUT2D eigenvalue weighted by atomic mass is 35.5. The van der Waals surface area contributed by atoms with Crippen molar-refractivity contribution in [1.29, 1.82) is 0 Å². The monoisotopic (exact) mass is 440 g/mol. The standard InChI is InChI=1S/C23H18Cl2N2O3/c1-14-23(29)27(13-15-4-2-6-17(24)10-15)20-12-19(8-9-21(20)30-14)26-22(28)16-5-3-7-18(25)11-16/h2-12,14H,13H2,1H3,(H,26,28). The topological polar surface area (TPSA) is 58.6 Å². The Morgan fingerprint density at radius 2 is 1.77 bits per heavy atom. The SMILES string of the molecule is CC1Oc2ccc(NC(=O)c3cccc(Cl)c3)cc2N(Cc2cccc(Cl)c2)C1=O. The molecule has 3 aromatic rings. The van der Waals surface area contributed by atoms with Crippen LogP contribution in [0.1, 0.15) is 22.8 Å². The van der Waals surface area contributed by atoms with Crippen LogP contribution in [0.2, 0.25) is 10.0 Å². The van der Waals surface area contributed by atoms with Gasteiger partial charge < -0.3 is 15.0 Å². The van der Waals surface area contributed by atoms with Gasteiger partial charge in [-0.15, -0.1) is 0 Å². The van der Waals surface area contributed by atoms with Crippen LogP contribution in [-0.2, 0) is 11.3 Å². The lowest BCUT2D eigenvalue weighted by molar-refractivity contribution is -0.125. The van der Waals surface area contributed by atoms with Crippen LogP contribution in [0.4, 0.5) is 11.4 Å². The summed E-state index contributed by atoms with van der Waals surface area (Å²) in [6.45, 7) is 2.05. The van der Waals surface area contributed by atoms with E-state index in [1.54, 1.807) is 60.4 Å². The van der Waals surface area contributed by atoms with Crippen LogP contribution in [0.15, 0.2) is 66.7 Å². The molecule has 1 aliphatic heterocycles. The maximum atomic E-state index is 12.8. The third-order valence-electron chi connectivity index (χ3n) is 4.74. The van der Waals surface area contributed by atoms with Crippen molar-refractivity contribution < 1.29 is 14.3 Å². The molecule has 1 unspecified atom stereocenters. The first-order valence-electron chi connectivity index (χ1n) is 9.34. The van der Waals surface area contributed by atoms with Crippen molar-refractivity contribution in [3.63, 3.8) is 0 Å². The Hall–Kier alpha value is -3.02. The van der Waals surface area contributed by atoms with E-state index in [4.69, 9.17) is 27.9 Å². The van der Waals surface area contributed by atoms with Gasteiger partial charge >= 0.3 is 0 Å². The van der Waals surface area contributed by atoms with E-state index < -0.39 is 6.10 Å². The minimum absolute atomic E-state index is 0.166. The highest BCUT2D eigenvalue weighted by molar-refractivity contribution is 6.31. The first-order chi connectivity index (χ1) is 14.4. The maximum absolute atomic E-state index is 12.8. The molecule has 0 aromatic heterocycles. The quantitative estimate of drug-likeness (QED) is 0.577. The van der Waals surface area contributed by atoms with Crippen LogP contribution in [-0.4, -0.2) is 17.9 Å². The average molecular weight is 441 g/mol. The summed E-state index contributed by atoms with van der Waals surface area (Å²) in [5.41, 5.74) is 2.46. The number of hydrogen-bond acceptors (Lipinski definition) is 3. The van der Waals surface area contributed by atoms with E-state index in [9.17, 15) is 9.59 Å². The number of carbonyl (C=O) groups is 2. The fourth-order valence-electron chi connectivity index (χ4n) is 3.30. The van der Waals surface area contributed by atoms with E-state index in [0.29, 0.717) is 39.3 Å². The summed E-state index contributed by atoms with van der Waals surface area (Å²) in [7, 11) is 0. The number of ether oxygens (including phenoxy) is 1. The lowest BCUT2D eigenvalue weighted by Crippen LogP contribution is -2.44. The van der Waals surface area contributed by atoms with Gasteiger partial charge in [0, 0.05) is 21.3 Å². The molecule has 0 radical (unpaired) electrons. The second-order valence-electron chi connectivity index (χ2n) is 6.96. The largest absolute Gasteiger partial charge is 0.479 e. The maximum Gasteiger partial charge on any atom is 0.268 e. The van der Waals surface area contributed by atoms with Gasteiger partial charge in [0.15, 0.2) is 6.10 Å². The van der Waals surface area contributed by atoms with Crippen LogP contribution in [0.5, 0.6) is 5.75 Å². The summed E-state index contributed by atoms with van der Waals surface area (Å²) in [6.07, 6.45) is -0.608. The van der Waals surface area contributed by atoms with Crippen molar-refractivity contribution in [2.75, 3.05) is 10.2 Å². The molecule has 0 saturated heterocycles. The van der Waals surface area contributed by atoms with Crippen molar-refractivity contribution in [2.24, 2.45) is 0 Å². The predicted molar refractivity (Wildman–Crippen MR) is 119 cm³/mol. The number of nitrogens with one attached hydrogen (secondary N) is 1. The minimum Gasteiger partial charge on any atom is -0.479 e. The van der Waals surface area contributed by atoms with Crippen molar-refractivity contribution in [3.8, 4) is 5.75 Å². The van der Waals surface area contributed by atoms with Gasteiger partial charge in [0.2, 0.25) is 0 Å². The molecular formula is C23H18Cl2N2O3. The first kappa shape index (κ1) is 20.3. The van der Waals surface area contributed by atoms with Crippen LogP contribution in [0.25, 0.3) is 0 Å². The third kappa shape index (κ3) is 4.27. The summed E-state index contributed by atoms with van der Waals surface area (Å²) in [6, 6.07) is 19.3. The lowest BCUT2D eigenvalue weighted by Gasteiger charge is -2.33. The van der Waals surface area contributed by atoms with Crippen molar-refractivity contribution in [1.82, 2.24) is 0 Å². The molecule has 0 bridgehead atoms. The van der Waals surface area contributed by atoms with Crippen LogP contribution < -0.4 is 15.0 Å². The van der Waals surface area contributed by atoms with E-state index in [0.717, 1.165) is 5.56 Å². The second-order valence-corrected chi connectivity index (χ2v) is 7.83. The van der Waals surface area contributed by atoms with Gasteiger partial charge in [0.25, 0.3) is 11.8 Å². The summed E-state index contributed by atoms with van der Waals surface area (Å²) in [5.74, 6) is 0.112. The van der Waals surface area contributed by atoms with Gasteiger partial charge in [-0.05, 0) is 61.0 Å². The minimum atomic E-state index is -0.608. The number of carbonyl (C=O) groups excluding carboxylic acids is 2. The van der Waals surface area contributed by atoms with Gasteiger partial charge in [0.1, 0.15) is 5.75 Å². The predicted octanol–water partition coefficient (Wildman–Crippen LogP) is 5.56. The van der Waals surface area contributed by atoms with E-state index in [2.05, 4.69) is 5.32 Å². The fourth-order valence-corrected chi connectivity index (χ4v) is 3.70.